The number of aliphatic carboxylic acids is 1. The van der Waals surface area contributed by atoms with E-state index in [4.69, 9.17) is 5.11 Å². The van der Waals surface area contributed by atoms with Crippen LogP contribution in [0.15, 0.2) is 11.9 Å². The van der Waals surface area contributed by atoms with Crippen molar-refractivity contribution in [2.24, 2.45) is 0 Å². The van der Waals surface area contributed by atoms with Gasteiger partial charge in [0.1, 0.15) is 5.82 Å². The van der Waals surface area contributed by atoms with Gasteiger partial charge in [-0.1, -0.05) is 0 Å². The predicted molar refractivity (Wildman–Crippen MR) is 36.3 cm³/mol. The molecule has 0 aromatic rings. The molecular formula is C6H10N2O2. The Morgan fingerprint density at radius 1 is 1.50 bits per heavy atom. The van der Waals surface area contributed by atoms with Gasteiger partial charge in [0.15, 0.2) is 0 Å². The van der Waals surface area contributed by atoms with Crippen molar-refractivity contribution in [3.8, 4) is 0 Å². The van der Waals surface area contributed by atoms with Crippen LogP contribution in [0.2, 0.25) is 0 Å². The van der Waals surface area contributed by atoms with E-state index in [1.165, 1.54) is 0 Å². The van der Waals surface area contributed by atoms with Crippen LogP contribution < -0.4 is 10.6 Å². The van der Waals surface area contributed by atoms with Crippen LogP contribution in [-0.4, -0.2) is 24.2 Å². The zero-order chi connectivity index (χ0) is 7.40. The molecule has 1 aliphatic heterocycles. The second-order valence-corrected chi connectivity index (χ2v) is 2.10. The summed E-state index contributed by atoms with van der Waals surface area (Å²) in [6.07, 6.45) is 2.18. The molecule has 0 bridgehead atoms. The van der Waals surface area contributed by atoms with E-state index in [-0.39, 0.29) is 0 Å². The molecule has 0 saturated carbocycles. The highest BCUT2D eigenvalue weighted by Gasteiger charge is 2.02. The van der Waals surface area contributed by atoms with Crippen molar-refractivity contribution in [2.45, 2.75) is 6.42 Å². The third-order valence-corrected chi connectivity index (χ3v) is 1.25. The number of rotatable bonds is 1. The van der Waals surface area contributed by atoms with Crippen LogP contribution in [0.4, 0.5) is 0 Å². The van der Waals surface area contributed by atoms with Crippen LogP contribution in [0, 0.1) is 0 Å². The van der Waals surface area contributed by atoms with Gasteiger partial charge in [0.2, 0.25) is 0 Å². The predicted octanol–water partition coefficient (Wildman–Crippen LogP) is -0.505. The molecule has 0 aliphatic carbocycles. The summed E-state index contributed by atoms with van der Waals surface area (Å²) in [6.45, 7) is 1.71. The normalized spacial score (nSPS) is 17.0. The van der Waals surface area contributed by atoms with Gasteiger partial charge in [-0.25, -0.2) is 4.79 Å². The van der Waals surface area contributed by atoms with E-state index < -0.39 is 5.97 Å². The standard InChI is InChI=1S/C6H10N2O2/c9-6(10)4-5-7-2-1-3-8-5/h4,7-8H,1-3H2,(H,9,10). The number of hydrogen-bond donors (Lipinski definition) is 3. The van der Waals surface area contributed by atoms with Crippen LogP contribution in [0.5, 0.6) is 0 Å². The maximum absolute atomic E-state index is 10.1. The van der Waals surface area contributed by atoms with Crippen molar-refractivity contribution in [1.29, 1.82) is 0 Å². The molecule has 0 aromatic carbocycles. The van der Waals surface area contributed by atoms with Crippen LogP contribution in [0.3, 0.4) is 0 Å². The number of carbonyl (C=O) groups is 1. The summed E-state index contributed by atoms with van der Waals surface area (Å²) in [7, 11) is 0. The molecule has 0 aromatic heterocycles. The largest absolute Gasteiger partial charge is 0.478 e. The monoisotopic (exact) mass is 142 g/mol. The maximum Gasteiger partial charge on any atom is 0.331 e. The summed E-state index contributed by atoms with van der Waals surface area (Å²) >= 11 is 0. The molecule has 3 N–H and O–H groups in total. The Labute approximate surface area is 58.9 Å². The quantitative estimate of drug-likeness (QED) is 0.432. The summed E-state index contributed by atoms with van der Waals surface area (Å²) in [4.78, 5) is 10.1. The van der Waals surface area contributed by atoms with E-state index in [1.54, 1.807) is 0 Å². The summed E-state index contributed by atoms with van der Waals surface area (Å²) in [5.74, 6) is -0.310. The Morgan fingerprint density at radius 2 is 2.10 bits per heavy atom. The minimum Gasteiger partial charge on any atom is -0.478 e. The molecule has 0 spiro atoms. The molecule has 1 heterocycles. The molecular weight excluding hydrogens is 132 g/mol. The molecule has 0 radical (unpaired) electrons. The molecule has 4 nitrogen and oxygen atoms in total. The van der Waals surface area contributed by atoms with Gasteiger partial charge < -0.3 is 15.7 Å². The van der Waals surface area contributed by atoms with E-state index in [0.717, 1.165) is 25.6 Å². The van der Waals surface area contributed by atoms with Gasteiger partial charge >= 0.3 is 5.97 Å². The summed E-state index contributed by atoms with van der Waals surface area (Å²) in [5, 5.41) is 14.1. The lowest BCUT2D eigenvalue weighted by Crippen LogP contribution is -2.35. The lowest BCUT2D eigenvalue weighted by Gasteiger charge is -2.17. The maximum atomic E-state index is 10.1. The number of nitrogens with one attached hydrogen (secondary N) is 2. The molecule has 0 unspecified atom stereocenters. The average Bonchev–Trinajstić information content (AvgIpc) is 1.88. The third-order valence-electron chi connectivity index (χ3n) is 1.25. The SMILES string of the molecule is O=C(O)C=C1NCCCN1. The van der Waals surface area contributed by atoms with E-state index in [0.29, 0.717) is 5.82 Å². The lowest BCUT2D eigenvalue weighted by molar-refractivity contribution is -0.131. The molecule has 0 atom stereocenters. The molecule has 10 heavy (non-hydrogen) atoms. The van der Waals surface area contributed by atoms with E-state index in [1.807, 2.05) is 0 Å². The Kier molecular flexibility index (Phi) is 2.15. The number of carboxylic acids is 1. The fourth-order valence-corrected chi connectivity index (χ4v) is 0.823. The number of carboxylic acid groups (broad SMARTS) is 1. The highest BCUT2D eigenvalue weighted by Crippen LogP contribution is 1.90. The van der Waals surface area contributed by atoms with Gasteiger partial charge in [-0.15, -0.1) is 0 Å². The van der Waals surface area contributed by atoms with Gasteiger partial charge in [0, 0.05) is 13.1 Å². The van der Waals surface area contributed by atoms with Crippen LogP contribution >= 0.6 is 0 Å². The molecule has 56 valence electrons. The van der Waals surface area contributed by atoms with Gasteiger partial charge in [-0.05, 0) is 6.42 Å². The minimum absolute atomic E-state index is 0.610. The first kappa shape index (κ1) is 6.92. The van der Waals surface area contributed by atoms with Gasteiger partial charge in [0.05, 0.1) is 6.08 Å². The van der Waals surface area contributed by atoms with E-state index in [2.05, 4.69) is 10.6 Å². The minimum atomic E-state index is -0.920. The highest BCUT2D eigenvalue weighted by atomic mass is 16.4. The second kappa shape index (κ2) is 3.10. The van der Waals surface area contributed by atoms with Crippen LogP contribution in [-0.2, 0) is 4.79 Å². The van der Waals surface area contributed by atoms with Crippen molar-refractivity contribution in [3.05, 3.63) is 11.9 Å². The van der Waals surface area contributed by atoms with Crippen molar-refractivity contribution >= 4 is 5.97 Å². The smallest absolute Gasteiger partial charge is 0.331 e. The Balaban J connectivity index is 2.45. The molecule has 1 rings (SSSR count). The van der Waals surface area contributed by atoms with Gasteiger partial charge in [0.25, 0.3) is 0 Å². The van der Waals surface area contributed by atoms with Gasteiger partial charge in [-0.3, -0.25) is 0 Å². The highest BCUT2D eigenvalue weighted by molar-refractivity contribution is 5.80. The zero-order valence-electron chi connectivity index (χ0n) is 5.55. The van der Waals surface area contributed by atoms with Crippen LogP contribution in [0.25, 0.3) is 0 Å². The van der Waals surface area contributed by atoms with Crippen molar-refractivity contribution in [1.82, 2.24) is 10.6 Å². The van der Waals surface area contributed by atoms with Crippen LogP contribution in [0.1, 0.15) is 6.42 Å². The fraction of sp³-hybridized carbons (Fsp3) is 0.500. The first-order valence-corrected chi connectivity index (χ1v) is 3.21. The summed E-state index contributed by atoms with van der Waals surface area (Å²) in [5.41, 5.74) is 0. The third kappa shape index (κ3) is 1.97. The first-order chi connectivity index (χ1) is 4.79. The molecule has 4 heteroatoms. The Morgan fingerprint density at radius 3 is 2.60 bits per heavy atom. The first-order valence-electron chi connectivity index (χ1n) is 3.21. The molecule has 1 saturated heterocycles. The second-order valence-electron chi connectivity index (χ2n) is 2.10. The Hall–Kier alpha value is -1.19. The van der Waals surface area contributed by atoms with Crippen molar-refractivity contribution in [3.63, 3.8) is 0 Å². The van der Waals surface area contributed by atoms with E-state index >= 15 is 0 Å². The fourth-order valence-electron chi connectivity index (χ4n) is 0.823. The van der Waals surface area contributed by atoms with Crippen molar-refractivity contribution < 1.29 is 9.90 Å². The molecule has 1 aliphatic rings. The lowest BCUT2D eigenvalue weighted by atomic mass is 10.3. The zero-order valence-corrected chi connectivity index (χ0v) is 5.55. The topological polar surface area (TPSA) is 61.4 Å². The molecule has 1 fully saturated rings. The molecule has 0 amide bonds. The summed E-state index contributed by atoms with van der Waals surface area (Å²) < 4.78 is 0. The summed E-state index contributed by atoms with van der Waals surface area (Å²) in [6, 6.07) is 0. The average molecular weight is 142 g/mol. The van der Waals surface area contributed by atoms with Gasteiger partial charge in [-0.2, -0.15) is 0 Å². The number of hydrogen-bond acceptors (Lipinski definition) is 3. The van der Waals surface area contributed by atoms with Crippen molar-refractivity contribution in [2.75, 3.05) is 13.1 Å². The Bertz CT molecular complexity index is 157. The van der Waals surface area contributed by atoms with E-state index in [9.17, 15) is 4.79 Å².